The lowest BCUT2D eigenvalue weighted by atomic mass is 10.0. The van der Waals surface area contributed by atoms with Gasteiger partial charge in [-0.05, 0) is 57.2 Å². The van der Waals surface area contributed by atoms with Gasteiger partial charge in [-0.2, -0.15) is 0 Å². The summed E-state index contributed by atoms with van der Waals surface area (Å²) in [4.78, 5) is 83.9. The van der Waals surface area contributed by atoms with E-state index in [2.05, 4.69) is 0 Å². The Balaban J connectivity index is 1.78. The van der Waals surface area contributed by atoms with Crippen LogP contribution in [0.3, 0.4) is 0 Å². The van der Waals surface area contributed by atoms with Gasteiger partial charge in [-0.3, -0.25) is 28.8 Å². The maximum absolute atomic E-state index is 14.0. The average Bonchev–Trinajstić information content (AvgIpc) is 3.49. The van der Waals surface area contributed by atoms with E-state index in [1.165, 1.54) is 0 Å². The number of benzene rings is 4. The van der Waals surface area contributed by atoms with Crippen LogP contribution in [-0.2, 0) is 0 Å². The monoisotopic (exact) mass is 555 g/mol. The van der Waals surface area contributed by atoms with Crippen molar-refractivity contribution in [3.05, 3.63) is 152 Å². The Morgan fingerprint density at radius 2 is 0.476 bits per heavy atom. The van der Waals surface area contributed by atoms with E-state index < -0.39 is 33.4 Å². The lowest BCUT2D eigenvalue weighted by Crippen LogP contribution is -2.24. The summed E-state index contributed by atoms with van der Waals surface area (Å²) in [5.41, 5.74) is -1.73. The second-order valence-corrected chi connectivity index (χ2v) is 10.6. The lowest BCUT2D eigenvalue weighted by Gasteiger charge is -2.00. The van der Waals surface area contributed by atoms with Gasteiger partial charge in [0.15, 0.2) is 0 Å². The molecule has 0 fully saturated rings. The summed E-state index contributed by atoms with van der Waals surface area (Å²) in [7, 11) is 0. The Morgan fingerprint density at radius 3 is 0.643 bits per heavy atom. The molecule has 0 aliphatic heterocycles. The Kier molecular flexibility index (Phi) is 5.21. The molecule has 0 bridgehead atoms. The number of rotatable bonds is 3. The summed E-state index contributed by atoms with van der Waals surface area (Å²) < 4.78 is 2.63. The molecule has 0 saturated heterocycles. The summed E-state index contributed by atoms with van der Waals surface area (Å²) in [6.45, 7) is 5.54. The molecule has 0 N–H and O–H groups in total. The molecule has 9 nitrogen and oxygen atoms in total. The minimum absolute atomic E-state index is 0.230. The van der Waals surface area contributed by atoms with Crippen molar-refractivity contribution < 1.29 is 0 Å². The largest absolute Gasteiger partial charge is 0.268 e. The molecule has 0 saturated carbocycles. The molecule has 4 aromatic carbocycles. The summed E-state index contributed by atoms with van der Waals surface area (Å²) in [5.74, 6) is 0. The fourth-order valence-corrected chi connectivity index (χ4v) is 5.77. The fraction of sp³-hybridized carbons (Fsp3) is 0.0909. The first-order valence-corrected chi connectivity index (χ1v) is 13.2. The molecule has 7 rings (SSSR count). The molecule has 0 radical (unpaired) electrons. The van der Waals surface area contributed by atoms with Gasteiger partial charge >= 0.3 is 0 Å². The molecule has 0 aliphatic carbocycles. The first-order chi connectivity index (χ1) is 20.1. The maximum atomic E-state index is 14.0. The van der Waals surface area contributed by atoms with E-state index in [4.69, 9.17) is 0 Å². The van der Waals surface area contributed by atoms with Crippen molar-refractivity contribution >= 4 is 32.3 Å². The standard InChI is InChI=1S/C33H21N3O6/c1-16-4-10-19(11-5-16)34-28(37)22-23(29(34)38)25-27(33(42)36(31(25)40)21-14-8-18(3)9-15-21)26-24(22)30(39)35(32(26)41)20-12-6-17(2)7-13-20/h4-15H,1-3H3. The molecule has 0 atom stereocenters. The maximum Gasteiger partial charge on any atom is 0.267 e. The van der Waals surface area contributed by atoms with Crippen molar-refractivity contribution in [3.8, 4) is 17.1 Å². The highest BCUT2D eigenvalue weighted by Crippen LogP contribution is 2.27. The molecule has 204 valence electrons. The van der Waals surface area contributed by atoms with Gasteiger partial charge in [0.05, 0.1) is 49.4 Å². The smallest absolute Gasteiger partial charge is 0.267 e. The van der Waals surface area contributed by atoms with Crippen LogP contribution in [0.2, 0.25) is 0 Å². The third kappa shape index (κ3) is 3.24. The first kappa shape index (κ1) is 25.3. The zero-order valence-electron chi connectivity index (χ0n) is 22.7. The normalized spacial score (nSPS) is 11.8. The zero-order chi connectivity index (χ0) is 29.6. The van der Waals surface area contributed by atoms with Crippen molar-refractivity contribution in [2.24, 2.45) is 0 Å². The molecular weight excluding hydrogens is 534 g/mol. The Morgan fingerprint density at radius 1 is 0.310 bits per heavy atom. The Labute approximate surface area is 235 Å². The predicted molar refractivity (Wildman–Crippen MR) is 162 cm³/mol. The van der Waals surface area contributed by atoms with Crippen LogP contribution in [0.1, 0.15) is 16.7 Å². The van der Waals surface area contributed by atoms with Gasteiger partial charge in [0.2, 0.25) is 0 Å². The molecule has 3 aromatic heterocycles. The molecule has 7 aromatic rings. The molecule has 0 unspecified atom stereocenters. The molecule has 3 heterocycles. The van der Waals surface area contributed by atoms with Crippen LogP contribution >= 0.6 is 0 Å². The molecule has 0 spiro atoms. The fourth-order valence-electron chi connectivity index (χ4n) is 5.77. The minimum atomic E-state index is -0.848. The quantitative estimate of drug-likeness (QED) is 0.331. The number of aromatic nitrogens is 3. The number of nitrogens with zero attached hydrogens (tertiary/aromatic N) is 3. The number of fused-ring (bicyclic) bond motifs is 6. The second-order valence-electron chi connectivity index (χ2n) is 10.6. The molecular formula is C33H21N3O6. The van der Waals surface area contributed by atoms with Gasteiger partial charge in [-0.1, -0.05) is 53.1 Å². The van der Waals surface area contributed by atoms with E-state index in [0.717, 1.165) is 30.4 Å². The third-order valence-electron chi connectivity index (χ3n) is 7.88. The molecule has 42 heavy (non-hydrogen) atoms. The van der Waals surface area contributed by atoms with Gasteiger partial charge in [0.1, 0.15) is 0 Å². The van der Waals surface area contributed by atoms with Gasteiger partial charge in [-0.25, -0.2) is 13.7 Å². The van der Waals surface area contributed by atoms with Crippen molar-refractivity contribution in [2.45, 2.75) is 20.8 Å². The van der Waals surface area contributed by atoms with Crippen LogP contribution in [0, 0.1) is 20.8 Å². The minimum Gasteiger partial charge on any atom is -0.268 e. The lowest BCUT2D eigenvalue weighted by molar-refractivity contribution is 0.986. The molecule has 9 heteroatoms. The predicted octanol–water partition coefficient (Wildman–Crippen LogP) is 2.92. The highest BCUT2D eigenvalue weighted by atomic mass is 16.2. The van der Waals surface area contributed by atoms with Gasteiger partial charge < -0.3 is 0 Å². The highest BCUT2D eigenvalue weighted by molar-refractivity contribution is 6.25. The summed E-state index contributed by atoms with van der Waals surface area (Å²) in [5, 5.41) is -2.12. The van der Waals surface area contributed by atoms with Gasteiger partial charge in [0.25, 0.3) is 33.4 Å². The number of hydrogen-bond donors (Lipinski definition) is 0. The van der Waals surface area contributed by atoms with Crippen molar-refractivity contribution in [2.75, 3.05) is 0 Å². The topological polar surface area (TPSA) is 117 Å². The number of aryl methyl sites for hydroxylation is 3. The van der Waals surface area contributed by atoms with E-state index in [1.54, 1.807) is 72.8 Å². The van der Waals surface area contributed by atoms with Gasteiger partial charge in [0, 0.05) is 0 Å². The van der Waals surface area contributed by atoms with E-state index in [9.17, 15) is 28.8 Å². The molecule has 0 aliphatic rings. The Hall–Kier alpha value is -5.70. The van der Waals surface area contributed by atoms with E-state index in [1.807, 2.05) is 20.8 Å². The number of hydrogen-bond acceptors (Lipinski definition) is 6. The zero-order valence-corrected chi connectivity index (χ0v) is 22.7. The van der Waals surface area contributed by atoms with E-state index in [-0.39, 0.29) is 49.4 Å². The summed E-state index contributed by atoms with van der Waals surface area (Å²) >= 11 is 0. The SMILES string of the molecule is Cc1ccc(-n2c(=O)c3c4c(=O)n(-c5ccc(C)cc5)c(=O)c4c4c(=O)n(-c5ccc(C)cc5)c(=O)c4c3c2=O)cc1. The van der Waals surface area contributed by atoms with Crippen molar-refractivity contribution in [1.82, 2.24) is 13.7 Å². The first-order valence-electron chi connectivity index (χ1n) is 13.2. The van der Waals surface area contributed by atoms with E-state index >= 15 is 0 Å². The van der Waals surface area contributed by atoms with E-state index in [0.29, 0.717) is 0 Å². The van der Waals surface area contributed by atoms with Crippen molar-refractivity contribution in [1.29, 1.82) is 0 Å². The van der Waals surface area contributed by atoms with Crippen LogP contribution in [-0.4, -0.2) is 13.7 Å². The van der Waals surface area contributed by atoms with Crippen LogP contribution < -0.4 is 33.4 Å². The van der Waals surface area contributed by atoms with Crippen LogP contribution in [0.15, 0.2) is 102 Å². The van der Waals surface area contributed by atoms with Crippen LogP contribution in [0.5, 0.6) is 0 Å². The van der Waals surface area contributed by atoms with Crippen molar-refractivity contribution in [3.63, 3.8) is 0 Å². The second kappa shape index (κ2) is 8.65. The average molecular weight is 556 g/mol. The summed E-state index contributed by atoms with van der Waals surface area (Å²) in [6.07, 6.45) is 0. The Bertz CT molecular complexity index is 2150. The highest BCUT2D eigenvalue weighted by Gasteiger charge is 2.31. The summed E-state index contributed by atoms with van der Waals surface area (Å²) in [6, 6.07) is 19.8. The van der Waals surface area contributed by atoms with Gasteiger partial charge in [-0.15, -0.1) is 0 Å². The van der Waals surface area contributed by atoms with Crippen LogP contribution in [0.25, 0.3) is 49.4 Å². The van der Waals surface area contributed by atoms with Crippen LogP contribution in [0.4, 0.5) is 0 Å². The third-order valence-corrected chi connectivity index (χ3v) is 7.88. The molecule has 0 amide bonds.